The van der Waals surface area contributed by atoms with E-state index in [1.807, 2.05) is 0 Å². The molecular weight excluding hydrogens is 258 g/mol. The molecule has 0 heterocycles. The highest BCUT2D eigenvalue weighted by atomic mass is 32.2. The average molecular weight is 273 g/mol. The summed E-state index contributed by atoms with van der Waals surface area (Å²) >= 11 is 0. The molecular formula is C11H15NO5S. The first-order valence-electron chi connectivity index (χ1n) is 5.12. The van der Waals surface area contributed by atoms with Crippen molar-refractivity contribution in [2.75, 3.05) is 31.5 Å². The number of hydrogen-bond acceptors (Lipinski definition) is 6. The van der Waals surface area contributed by atoms with Crippen LogP contribution in [0.5, 0.6) is 5.75 Å². The quantitative estimate of drug-likeness (QED) is 0.619. The molecule has 0 aliphatic carbocycles. The molecule has 2 N–H and O–H groups in total. The predicted molar refractivity (Wildman–Crippen MR) is 67.4 cm³/mol. The Bertz CT molecular complexity index is 538. The summed E-state index contributed by atoms with van der Waals surface area (Å²) in [4.78, 5) is 11.3. The van der Waals surface area contributed by atoms with Crippen LogP contribution in [0, 0.1) is 0 Å². The van der Waals surface area contributed by atoms with Crippen LogP contribution in [0.2, 0.25) is 0 Å². The van der Waals surface area contributed by atoms with Gasteiger partial charge in [0.05, 0.1) is 24.1 Å². The Morgan fingerprint density at radius 2 is 2.06 bits per heavy atom. The van der Waals surface area contributed by atoms with Crippen molar-refractivity contribution in [1.29, 1.82) is 0 Å². The van der Waals surface area contributed by atoms with E-state index < -0.39 is 15.8 Å². The number of anilines is 1. The van der Waals surface area contributed by atoms with Gasteiger partial charge < -0.3 is 15.2 Å². The number of ether oxygens (including phenoxy) is 2. The largest absolute Gasteiger partial charge is 0.490 e. The van der Waals surface area contributed by atoms with Crippen LogP contribution in [-0.4, -0.2) is 40.1 Å². The highest BCUT2D eigenvalue weighted by molar-refractivity contribution is 7.90. The molecule has 0 aliphatic rings. The van der Waals surface area contributed by atoms with Crippen LogP contribution in [0.4, 0.5) is 5.69 Å². The summed E-state index contributed by atoms with van der Waals surface area (Å²) in [6.45, 7) is -0.0202. The second-order valence-electron chi connectivity index (χ2n) is 3.72. The normalized spacial score (nSPS) is 11.0. The van der Waals surface area contributed by atoms with Gasteiger partial charge in [-0.1, -0.05) is 0 Å². The van der Waals surface area contributed by atoms with Gasteiger partial charge in [0.1, 0.15) is 12.4 Å². The van der Waals surface area contributed by atoms with E-state index in [1.165, 1.54) is 25.3 Å². The average Bonchev–Trinajstić information content (AvgIpc) is 2.29. The Labute approximate surface area is 106 Å². The first kappa shape index (κ1) is 14.3. The lowest BCUT2D eigenvalue weighted by Crippen LogP contribution is -2.13. The number of hydrogen-bond donors (Lipinski definition) is 1. The first-order valence-corrected chi connectivity index (χ1v) is 7.18. The van der Waals surface area contributed by atoms with Crippen LogP contribution in [0.3, 0.4) is 0 Å². The van der Waals surface area contributed by atoms with E-state index in [2.05, 4.69) is 4.74 Å². The molecule has 0 saturated heterocycles. The Morgan fingerprint density at radius 1 is 1.39 bits per heavy atom. The fourth-order valence-electron chi connectivity index (χ4n) is 1.21. The maximum Gasteiger partial charge on any atom is 0.337 e. The summed E-state index contributed by atoms with van der Waals surface area (Å²) < 4.78 is 31.7. The molecule has 1 aromatic carbocycles. The van der Waals surface area contributed by atoms with Crippen molar-refractivity contribution >= 4 is 21.5 Å². The summed E-state index contributed by atoms with van der Waals surface area (Å²) in [5.74, 6) is -0.362. The first-order chi connectivity index (χ1) is 8.33. The summed E-state index contributed by atoms with van der Waals surface area (Å²) in [6.07, 6.45) is 1.12. The minimum Gasteiger partial charge on any atom is -0.490 e. The van der Waals surface area contributed by atoms with E-state index in [0.717, 1.165) is 6.26 Å². The van der Waals surface area contributed by atoms with Crippen molar-refractivity contribution in [3.63, 3.8) is 0 Å². The topological polar surface area (TPSA) is 95.7 Å². The molecule has 0 spiro atoms. The molecule has 1 rings (SSSR count). The highest BCUT2D eigenvalue weighted by Crippen LogP contribution is 2.23. The highest BCUT2D eigenvalue weighted by Gasteiger charge is 2.10. The molecule has 1 aromatic rings. The predicted octanol–water partition coefficient (Wildman–Crippen LogP) is 0.479. The van der Waals surface area contributed by atoms with E-state index in [1.54, 1.807) is 0 Å². The number of carbonyl (C=O) groups is 1. The number of esters is 1. The molecule has 0 saturated carbocycles. The summed E-state index contributed by atoms with van der Waals surface area (Å²) in [7, 11) is -1.83. The molecule has 0 atom stereocenters. The minimum absolute atomic E-state index is 0.0202. The zero-order valence-electron chi connectivity index (χ0n) is 10.2. The minimum atomic E-state index is -3.10. The zero-order chi connectivity index (χ0) is 13.8. The molecule has 100 valence electrons. The third-order valence-corrected chi connectivity index (χ3v) is 3.05. The van der Waals surface area contributed by atoms with Crippen LogP contribution in [0.15, 0.2) is 18.2 Å². The number of carbonyl (C=O) groups excluding carboxylic acids is 1. The SMILES string of the molecule is COC(=O)c1ccc(N)c(OCCS(C)(=O)=O)c1. The molecule has 0 amide bonds. The molecule has 0 bridgehead atoms. The van der Waals surface area contributed by atoms with E-state index in [-0.39, 0.29) is 18.1 Å². The fourth-order valence-corrected chi connectivity index (χ4v) is 1.59. The van der Waals surface area contributed by atoms with Gasteiger partial charge in [0.25, 0.3) is 0 Å². The van der Waals surface area contributed by atoms with Crippen LogP contribution in [0.1, 0.15) is 10.4 Å². The molecule has 0 fully saturated rings. The van der Waals surface area contributed by atoms with Gasteiger partial charge in [-0.15, -0.1) is 0 Å². The van der Waals surface area contributed by atoms with Gasteiger partial charge in [-0.25, -0.2) is 13.2 Å². The summed E-state index contributed by atoms with van der Waals surface area (Å²) in [5, 5.41) is 0. The van der Waals surface area contributed by atoms with Crippen molar-refractivity contribution in [1.82, 2.24) is 0 Å². The fraction of sp³-hybridized carbons (Fsp3) is 0.364. The molecule has 0 radical (unpaired) electrons. The maximum absolute atomic E-state index is 11.3. The second-order valence-corrected chi connectivity index (χ2v) is 5.98. The Balaban J connectivity index is 2.79. The smallest absolute Gasteiger partial charge is 0.337 e. The van der Waals surface area contributed by atoms with Crippen LogP contribution in [0.25, 0.3) is 0 Å². The second kappa shape index (κ2) is 5.72. The maximum atomic E-state index is 11.3. The Morgan fingerprint density at radius 3 is 2.61 bits per heavy atom. The van der Waals surface area contributed by atoms with Gasteiger partial charge in [-0.2, -0.15) is 0 Å². The van der Waals surface area contributed by atoms with Crippen molar-refractivity contribution < 1.29 is 22.7 Å². The van der Waals surface area contributed by atoms with E-state index >= 15 is 0 Å². The molecule has 18 heavy (non-hydrogen) atoms. The number of nitrogens with two attached hydrogens (primary N) is 1. The van der Waals surface area contributed by atoms with Crippen LogP contribution >= 0.6 is 0 Å². The third-order valence-electron chi connectivity index (χ3n) is 2.15. The number of nitrogen functional groups attached to an aromatic ring is 1. The number of methoxy groups -OCH3 is 1. The molecule has 0 unspecified atom stereocenters. The van der Waals surface area contributed by atoms with Gasteiger partial charge in [0, 0.05) is 6.26 Å². The molecule has 0 aromatic heterocycles. The van der Waals surface area contributed by atoms with E-state index in [0.29, 0.717) is 11.3 Å². The number of benzene rings is 1. The van der Waals surface area contributed by atoms with Crippen molar-refractivity contribution in [3.05, 3.63) is 23.8 Å². The van der Waals surface area contributed by atoms with Crippen LogP contribution in [-0.2, 0) is 14.6 Å². The monoisotopic (exact) mass is 273 g/mol. The van der Waals surface area contributed by atoms with Crippen molar-refractivity contribution in [2.45, 2.75) is 0 Å². The van der Waals surface area contributed by atoms with Crippen molar-refractivity contribution in [2.24, 2.45) is 0 Å². The number of sulfone groups is 1. The lowest BCUT2D eigenvalue weighted by molar-refractivity contribution is 0.0600. The van der Waals surface area contributed by atoms with Crippen LogP contribution < -0.4 is 10.5 Å². The molecule has 0 aliphatic heterocycles. The van der Waals surface area contributed by atoms with Crippen molar-refractivity contribution in [3.8, 4) is 5.75 Å². The van der Waals surface area contributed by atoms with Gasteiger partial charge in [-0.05, 0) is 18.2 Å². The summed E-state index contributed by atoms with van der Waals surface area (Å²) in [6, 6.07) is 4.43. The zero-order valence-corrected chi connectivity index (χ0v) is 11.0. The standard InChI is InChI=1S/C11H15NO5S/c1-16-11(13)8-3-4-9(12)10(7-8)17-5-6-18(2,14)15/h3-4,7H,5-6,12H2,1-2H3. The van der Waals surface area contributed by atoms with Gasteiger partial charge >= 0.3 is 5.97 Å². The van der Waals surface area contributed by atoms with Gasteiger partial charge in [-0.3, -0.25) is 0 Å². The Hall–Kier alpha value is -1.76. The van der Waals surface area contributed by atoms with Gasteiger partial charge in [0.15, 0.2) is 9.84 Å². The third kappa shape index (κ3) is 4.25. The lowest BCUT2D eigenvalue weighted by atomic mass is 10.2. The summed E-state index contributed by atoms with van der Waals surface area (Å²) in [5.41, 5.74) is 6.28. The number of rotatable bonds is 5. The van der Waals surface area contributed by atoms with Gasteiger partial charge in [0.2, 0.25) is 0 Å². The lowest BCUT2D eigenvalue weighted by Gasteiger charge is -2.09. The molecule has 6 nitrogen and oxygen atoms in total. The molecule has 7 heteroatoms. The van der Waals surface area contributed by atoms with E-state index in [9.17, 15) is 13.2 Å². The van der Waals surface area contributed by atoms with E-state index in [4.69, 9.17) is 10.5 Å². The Kier molecular flexibility index (Phi) is 4.55.